The van der Waals surface area contributed by atoms with Crippen LogP contribution in [0.5, 0.6) is 5.75 Å². The average molecular weight is 274 g/mol. The summed E-state index contributed by atoms with van der Waals surface area (Å²) in [6.07, 6.45) is 1.97. The number of ether oxygens (including phenoxy) is 1. The molecule has 1 aromatic carbocycles. The summed E-state index contributed by atoms with van der Waals surface area (Å²) in [6.45, 7) is 4.89. The molecular formula is C15H18N2O3. The van der Waals surface area contributed by atoms with E-state index in [1.54, 1.807) is 17.9 Å². The van der Waals surface area contributed by atoms with Crippen molar-refractivity contribution >= 4 is 17.5 Å². The van der Waals surface area contributed by atoms with Crippen molar-refractivity contribution in [3.8, 4) is 5.75 Å². The second-order valence-electron chi connectivity index (χ2n) is 5.59. The topological polar surface area (TPSA) is 58.6 Å². The van der Waals surface area contributed by atoms with Crippen molar-refractivity contribution in [3.63, 3.8) is 0 Å². The summed E-state index contributed by atoms with van der Waals surface area (Å²) in [5.41, 5.74) is 0.191. The molecule has 1 fully saturated rings. The van der Waals surface area contributed by atoms with E-state index in [4.69, 9.17) is 4.74 Å². The molecule has 0 aliphatic carbocycles. The number of likely N-dealkylation sites (tertiary alicyclic amines) is 1. The Morgan fingerprint density at radius 3 is 2.75 bits per heavy atom. The lowest BCUT2D eigenvalue weighted by Crippen LogP contribution is -2.59. The van der Waals surface area contributed by atoms with Gasteiger partial charge in [-0.1, -0.05) is 6.07 Å². The van der Waals surface area contributed by atoms with Crippen molar-refractivity contribution in [2.75, 3.05) is 18.4 Å². The molecule has 0 unspecified atom stereocenters. The van der Waals surface area contributed by atoms with Crippen LogP contribution >= 0.6 is 0 Å². The van der Waals surface area contributed by atoms with Gasteiger partial charge >= 0.3 is 0 Å². The van der Waals surface area contributed by atoms with Crippen LogP contribution in [0.15, 0.2) is 18.2 Å². The van der Waals surface area contributed by atoms with E-state index in [2.05, 4.69) is 5.32 Å². The zero-order valence-corrected chi connectivity index (χ0v) is 11.7. The van der Waals surface area contributed by atoms with Crippen LogP contribution in [0.4, 0.5) is 5.69 Å². The summed E-state index contributed by atoms with van der Waals surface area (Å²) in [5, 5.41) is 2.78. The molecule has 106 valence electrons. The van der Waals surface area contributed by atoms with Gasteiger partial charge in [-0.15, -0.1) is 0 Å². The highest BCUT2D eigenvalue weighted by molar-refractivity contribution is 6.15. The zero-order chi connectivity index (χ0) is 14.3. The molecule has 5 nitrogen and oxygen atoms in total. The zero-order valence-electron chi connectivity index (χ0n) is 11.7. The Kier molecular flexibility index (Phi) is 2.92. The highest BCUT2D eigenvalue weighted by atomic mass is 16.5. The van der Waals surface area contributed by atoms with E-state index in [0.29, 0.717) is 24.5 Å². The molecule has 5 heteroatoms. The molecule has 0 spiro atoms. The Morgan fingerprint density at radius 2 is 2.05 bits per heavy atom. The largest absolute Gasteiger partial charge is 0.466 e. The number of aryl methyl sites for hydroxylation is 1. The molecule has 1 aromatic rings. The lowest BCUT2D eigenvalue weighted by molar-refractivity contribution is -0.153. The van der Waals surface area contributed by atoms with Crippen molar-refractivity contribution in [2.24, 2.45) is 0 Å². The number of rotatable bonds is 1. The monoisotopic (exact) mass is 274 g/mol. The van der Waals surface area contributed by atoms with E-state index in [1.165, 1.54) is 0 Å². The molecule has 1 saturated heterocycles. The Labute approximate surface area is 117 Å². The Hall–Kier alpha value is -2.04. The molecule has 2 aliphatic rings. The molecule has 0 radical (unpaired) electrons. The standard InChI is InChI=1S/C15H18N2O3/c1-10-5-6-12-11(9-10)16-13(18)15(2,20-12)14(19)17-7-3-4-8-17/h5-6,9H,3-4,7-8H2,1-2H3,(H,16,18)/t15-/m1/s1. The van der Waals surface area contributed by atoms with Gasteiger partial charge < -0.3 is 15.0 Å². The van der Waals surface area contributed by atoms with Gasteiger partial charge in [-0.3, -0.25) is 9.59 Å². The SMILES string of the molecule is Cc1ccc2c(c1)NC(=O)[C@](C)(C(=O)N1CCCC1)O2. The van der Waals surface area contributed by atoms with E-state index >= 15 is 0 Å². The van der Waals surface area contributed by atoms with Crippen LogP contribution in [0.25, 0.3) is 0 Å². The first kappa shape index (κ1) is 13.0. The molecule has 0 bridgehead atoms. The molecule has 3 rings (SSSR count). The van der Waals surface area contributed by atoms with Crippen LogP contribution in [0.2, 0.25) is 0 Å². The molecular weight excluding hydrogens is 256 g/mol. The number of hydrogen-bond acceptors (Lipinski definition) is 3. The van der Waals surface area contributed by atoms with Gasteiger partial charge in [0, 0.05) is 13.1 Å². The number of fused-ring (bicyclic) bond motifs is 1. The summed E-state index contributed by atoms with van der Waals surface area (Å²) >= 11 is 0. The van der Waals surface area contributed by atoms with Crippen molar-refractivity contribution in [1.29, 1.82) is 0 Å². The molecule has 1 N–H and O–H groups in total. The average Bonchev–Trinajstić information content (AvgIpc) is 2.93. The van der Waals surface area contributed by atoms with Crippen LogP contribution in [-0.2, 0) is 9.59 Å². The van der Waals surface area contributed by atoms with Crippen LogP contribution in [0.1, 0.15) is 25.3 Å². The Bertz CT molecular complexity index is 578. The predicted octanol–water partition coefficient (Wildman–Crippen LogP) is 1.71. The maximum atomic E-state index is 12.5. The summed E-state index contributed by atoms with van der Waals surface area (Å²) in [4.78, 5) is 26.6. The second-order valence-corrected chi connectivity index (χ2v) is 5.59. The first-order valence-electron chi connectivity index (χ1n) is 6.91. The molecule has 1 atom stereocenters. The number of anilines is 1. The predicted molar refractivity (Wildman–Crippen MR) is 74.7 cm³/mol. The fourth-order valence-corrected chi connectivity index (χ4v) is 2.70. The molecule has 2 heterocycles. The third-order valence-electron chi connectivity index (χ3n) is 3.93. The van der Waals surface area contributed by atoms with E-state index in [9.17, 15) is 9.59 Å². The minimum atomic E-state index is -1.47. The third kappa shape index (κ3) is 1.94. The second kappa shape index (κ2) is 4.51. The van der Waals surface area contributed by atoms with Crippen molar-refractivity contribution < 1.29 is 14.3 Å². The highest BCUT2D eigenvalue weighted by Gasteiger charge is 2.49. The van der Waals surface area contributed by atoms with Gasteiger partial charge in [0.2, 0.25) is 0 Å². The molecule has 2 aliphatic heterocycles. The summed E-state index contributed by atoms with van der Waals surface area (Å²) in [6, 6.07) is 5.53. The van der Waals surface area contributed by atoms with E-state index in [-0.39, 0.29) is 5.91 Å². The van der Waals surface area contributed by atoms with Gasteiger partial charge in [-0.2, -0.15) is 0 Å². The maximum Gasteiger partial charge on any atom is 0.278 e. The van der Waals surface area contributed by atoms with Crippen molar-refractivity contribution in [1.82, 2.24) is 4.90 Å². The first-order chi connectivity index (χ1) is 9.50. The number of carbonyl (C=O) groups is 2. The van der Waals surface area contributed by atoms with Gasteiger partial charge in [0.05, 0.1) is 5.69 Å². The van der Waals surface area contributed by atoms with Gasteiger partial charge in [-0.25, -0.2) is 0 Å². The third-order valence-corrected chi connectivity index (χ3v) is 3.93. The fourth-order valence-electron chi connectivity index (χ4n) is 2.70. The number of nitrogens with zero attached hydrogens (tertiary/aromatic N) is 1. The Morgan fingerprint density at radius 1 is 1.35 bits per heavy atom. The fraction of sp³-hybridized carbons (Fsp3) is 0.467. The van der Waals surface area contributed by atoms with E-state index in [1.807, 2.05) is 19.1 Å². The van der Waals surface area contributed by atoms with Crippen LogP contribution in [-0.4, -0.2) is 35.4 Å². The van der Waals surface area contributed by atoms with Crippen molar-refractivity contribution in [2.45, 2.75) is 32.3 Å². The minimum Gasteiger partial charge on any atom is -0.466 e. The lowest BCUT2D eigenvalue weighted by atomic mass is 10.0. The normalized spacial score (nSPS) is 24.9. The van der Waals surface area contributed by atoms with Gasteiger partial charge in [0.1, 0.15) is 5.75 Å². The summed E-state index contributed by atoms with van der Waals surface area (Å²) in [5.74, 6) is -0.100. The maximum absolute atomic E-state index is 12.5. The lowest BCUT2D eigenvalue weighted by Gasteiger charge is -2.35. The summed E-state index contributed by atoms with van der Waals surface area (Å²) < 4.78 is 5.76. The van der Waals surface area contributed by atoms with E-state index < -0.39 is 11.5 Å². The minimum absolute atomic E-state index is 0.251. The number of carbonyl (C=O) groups excluding carboxylic acids is 2. The number of amides is 2. The quantitative estimate of drug-likeness (QED) is 0.793. The molecule has 2 amide bonds. The van der Waals surface area contributed by atoms with Gasteiger partial charge in [0.25, 0.3) is 17.4 Å². The van der Waals surface area contributed by atoms with Crippen LogP contribution < -0.4 is 10.1 Å². The van der Waals surface area contributed by atoms with Crippen LogP contribution in [0, 0.1) is 6.92 Å². The Balaban J connectivity index is 1.92. The number of benzene rings is 1. The van der Waals surface area contributed by atoms with Gasteiger partial charge in [0.15, 0.2) is 0 Å². The number of nitrogens with one attached hydrogen (secondary N) is 1. The molecule has 0 saturated carbocycles. The van der Waals surface area contributed by atoms with Crippen LogP contribution in [0.3, 0.4) is 0 Å². The van der Waals surface area contributed by atoms with Crippen molar-refractivity contribution in [3.05, 3.63) is 23.8 Å². The highest BCUT2D eigenvalue weighted by Crippen LogP contribution is 2.35. The molecule has 20 heavy (non-hydrogen) atoms. The first-order valence-corrected chi connectivity index (χ1v) is 6.91. The summed E-state index contributed by atoms with van der Waals surface area (Å²) in [7, 11) is 0. The van der Waals surface area contributed by atoms with E-state index in [0.717, 1.165) is 18.4 Å². The van der Waals surface area contributed by atoms with Gasteiger partial charge in [-0.05, 0) is 44.4 Å². The smallest absolute Gasteiger partial charge is 0.278 e. The molecule has 0 aromatic heterocycles. The number of hydrogen-bond donors (Lipinski definition) is 1.